The van der Waals surface area contributed by atoms with Crippen molar-refractivity contribution in [3.8, 4) is 5.75 Å². The Morgan fingerprint density at radius 3 is 2.50 bits per heavy atom. The molecule has 0 aromatic heterocycles. The molecule has 10 heteroatoms. The van der Waals surface area contributed by atoms with Crippen molar-refractivity contribution in [1.29, 1.82) is 0 Å². The zero-order valence-corrected chi connectivity index (χ0v) is 18.5. The molecule has 1 heterocycles. The molecule has 7 nitrogen and oxygen atoms in total. The molecule has 2 aromatic carbocycles. The summed E-state index contributed by atoms with van der Waals surface area (Å²) >= 11 is 12.0. The van der Waals surface area contributed by atoms with Crippen molar-refractivity contribution >= 4 is 39.1 Å². The topological polar surface area (TPSA) is 84.9 Å². The normalized spacial score (nSPS) is 15.0. The third-order valence-electron chi connectivity index (χ3n) is 4.52. The van der Waals surface area contributed by atoms with Gasteiger partial charge in [0.25, 0.3) is 0 Å². The molecule has 1 aliphatic rings. The molecule has 0 spiro atoms. The summed E-state index contributed by atoms with van der Waals surface area (Å²) in [5.74, 6) is 0.229. The molecule has 0 unspecified atom stereocenters. The highest BCUT2D eigenvalue weighted by atomic mass is 35.5. The van der Waals surface area contributed by atoms with E-state index in [2.05, 4.69) is 5.32 Å². The van der Waals surface area contributed by atoms with Gasteiger partial charge in [-0.1, -0.05) is 41.4 Å². The zero-order chi connectivity index (χ0) is 21.6. The molecule has 1 N–H and O–H groups in total. The predicted molar refractivity (Wildman–Crippen MR) is 114 cm³/mol. The van der Waals surface area contributed by atoms with E-state index in [0.29, 0.717) is 42.1 Å². The Balaban J connectivity index is 1.46. The number of carbonyl (C=O) groups excluding carboxylic acids is 1. The van der Waals surface area contributed by atoms with Gasteiger partial charge in [0.2, 0.25) is 15.9 Å². The van der Waals surface area contributed by atoms with Crippen LogP contribution < -0.4 is 10.1 Å². The number of benzene rings is 2. The minimum Gasteiger partial charge on any atom is -0.491 e. The van der Waals surface area contributed by atoms with Crippen LogP contribution in [-0.4, -0.2) is 51.5 Å². The lowest BCUT2D eigenvalue weighted by Gasteiger charge is -2.26. The highest BCUT2D eigenvalue weighted by molar-refractivity contribution is 7.89. The van der Waals surface area contributed by atoms with Gasteiger partial charge in [-0.2, -0.15) is 4.31 Å². The second-order valence-corrected chi connectivity index (χ2v) is 9.31. The first-order valence-corrected chi connectivity index (χ1v) is 11.6. The molecular weight excluding hydrogens is 451 g/mol. The van der Waals surface area contributed by atoms with E-state index in [1.165, 1.54) is 4.31 Å². The number of morpholine rings is 1. The molecule has 0 saturated carbocycles. The lowest BCUT2D eigenvalue weighted by atomic mass is 10.2. The second kappa shape index (κ2) is 10.5. The van der Waals surface area contributed by atoms with Crippen LogP contribution in [0, 0.1) is 0 Å². The predicted octanol–water partition coefficient (Wildman–Crippen LogP) is 3.10. The van der Waals surface area contributed by atoms with Gasteiger partial charge in [0.1, 0.15) is 10.8 Å². The molecule has 1 amide bonds. The average Bonchev–Trinajstić information content (AvgIpc) is 2.76. The van der Waals surface area contributed by atoms with Crippen molar-refractivity contribution < 1.29 is 22.7 Å². The van der Waals surface area contributed by atoms with Gasteiger partial charge in [0, 0.05) is 19.6 Å². The summed E-state index contributed by atoms with van der Waals surface area (Å²) in [7, 11) is -3.53. The number of nitrogens with zero attached hydrogens (tertiary/aromatic N) is 1. The van der Waals surface area contributed by atoms with Crippen LogP contribution in [0.25, 0.3) is 0 Å². The van der Waals surface area contributed by atoms with E-state index < -0.39 is 10.0 Å². The minimum absolute atomic E-state index is 0.145. The quantitative estimate of drug-likeness (QED) is 0.637. The van der Waals surface area contributed by atoms with Gasteiger partial charge in [0.15, 0.2) is 0 Å². The van der Waals surface area contributed by atoms with Crippen LogP contribution in [0.5, 0.6) is 5.75 Å². The summed E-state index contributed by atoms with van der Waals surface area (Å²) in [6.45, 7) is 1.94. The number of nitrogens with one attached hydrogen (secondary N) is 1. The number of carbonyl (C=O) groups is 1. The molecule has 30 heavy (non-hydrogen) atoms. The van der Waals surface area contributed by atoms with Crippen molar-refractivity contribution in [2.24, 2.45) is 0 Å². The second-order valence-electron chi connectivity index (χ2n) is 6.59. The summed E-state index contributed by atoms with van der Waals surface area (Å²) < 4.78 is 37.3. The molecule has 1 saturated heterocycles. The molecule has 1 fully saturated rings. The molecule has 162 valence electrons. The van der Waals surface area contributed by atoms with Gasteiger partial charge < -0.3 is 14.8 Å². The molecule has 0 bridgehead atoms. The summed E-state index contributed by atoms with van der Waals surface area (Å²) in [6.07, 6.45) is 0.145. The van der Waals surface area contributed by atoms with Crippen LogP contribution >= 0.6 is 23.2 Å². The number of hydrogen-bond acceptors (Lipinski definition) is 5. The van der Waals surface area contributed by atoms with Crippen molar-refractivity contribution in [3.05, 3.63) is 58.1 Å². The number of amides is 1. The lowest BCUT2D eigenvalue weighted by molar-refractivity contribution is -0.121. The molecule has 0 radical (unpaired) electrons. The van der Waals surface area contributed by atoms with E-state index in [-0.39, 0.29) is 30.4 Å². The largest absolute Gasteiger partial charge is 0.491 e. The van der Waals surface area contributed by atoms with Crippen LogP contribution in [-0.2, 0) is 26.1 Å². The van der Waals surface area contributed by atoms with E-state index in [4.69, 9.17) is 32.7 Å². The van der Waals surface area contributed by atoms with Crippen molar-refractivity contribution in [3.63, 3.8) is 0 Å². The van der Waals surface area contributed by atoms with Gasteiger partial charge in [-0.25, -0.2) is 8.42 Å². The molecular formula is C20H22Cl2N2O5S. The maximum Gasteiger partial charge on any atom is 0.243 e. The van der Waals surface area contributed by atoms with E-state index >= 15 is 0 Å². The Hall–Kier alpha value is -1.84. The number of rotatable bonds is 8. The summed E-state index contributed by atoms with van der Waals surface area (Å²) in [5.41, 5.74) is 0.795. The van der Waals surface area contributed by atoms with Crippen LogP contribution in [0.3, 0.4) is 0 Å². The molecule has 1 aliphatic heterocycles. The number of halogens is 2. The van der Waals surface area contributed by atoms with E-state index in [9.17, 15) is 13.2 Å². The maximum absolute atomic E-state index is 12.6. The fourth-order valence-electron chi connectivity index (χ4n) is 2.85. The Morgan fingerprint density at radius 2 is 1.80 bits per heavy atom. The Kier molecular flexibility index (Phi) is 7.96. The third-order valence-corrected chi connectivity index (χ3v) is 7.24. The van der Waals surface area contributed by atoms with Gasteiger partial charge in [-0.3, -0.25) is 4.79 Å². The summed E-state index contributed by atoms with van der Waals surface area (Å²) in [4.78, 5) is 12.3. The third kappa shape index (κ3) is 5.86. The highest BCUT2D eigenvalue weighted by Gasteiger charge is 2.26. The molecule has 0 atom stereocenters. The van der Waals surface area contributed by atoms with Crippen LogP contribution in [0.4, 0.5) is 0 Å². The fourth-order valence-corrected chi connectivity index (χ4v) is 4.61. The monoisotopic (exact) mass is 472 g/mol. The number of sulfonamides is 1. The first-order valence-electron chi connectivity index (χ1n) is 9.38. The summed E-state index contributed by atoms with van der Waals surface area (Å²) in [5, 5.41) is 3.48. The van der Waals surface area contributed by atoms with Gasteiger partial charge in [0.05, 0.1) is 36.2 Å². The minimum atomic E-state index is -3.53. The number of ether oxygens (including phenoxy) is 2. The lowest BCUT2D eigenvalue weighted by Crippen LogP contribution is -2.40. The fraction of sp³-hybridized carbons (Fsp3) is 0.350. The van der Waals surface area contributed by atoms with E-state index in [1.807, 2.05) is 0 Å². The van der Waals surface area contributed by atoms with Crippen LogP contribution in [0.1, 0.15) is 12.0 Å². The number of hydrogen-bond donors (Lipinski definition) is 1. The van der Waals surface area contributed by atoms with Crippen molar-refractivity contribution in [2.75, 3.05) is 32.9 Å². The van der Waals surface area contributed by atoms with Gasteiger partial charge in [-0.05, 0) is 29.8 Å². The Labute approximate surface area is 185 Å². The Bertz CT molecular complexity index is 977. The zero-order valence-electron chi connectivity index (χ0n) is 16.1. The standard InChI is InChI=1S/C20H22Cl2N2O5S/c21-17-2-1-3-18(20(17)22)29-11-8-19(25)23-14-15-4-6-16(7-5-15)30(26,27)24-9-12-28-13-10-24/h1-7H,8-14H2,(H,23,25). The smallest absolute Gasteiger partial charge is 0.243 e. The van der Waals surface area contributed by atoms with E-state index in [1.54, 1.807) is 42.5 Å². The Morgan fingerprint density at radius 1 is 1.10 bits per heavy atom. The van der Waals surface area contributed by atoms with Crippen LogP contribution in [0.2, 0.25) is 10.0 Å². The highest BCUT2D eigenvalue weighted by Crippen LogP contribution is 2.31. The maximum atomic E-state index is 12.6. The van der Waals surface area contributed by atoms with Crippen LogP contribution in [0.15, 0.2) is 47.4 Å². The van der Waals surface area contributed by atoms with E-state index in [0.717, 1.165) is 5.56 Å². The first-order chi connectivity index (χ1) is 14.4. The first kappa shape index (κ1) is 22.8. The molecule has 0 aliphatic carbocycles. The average molecular weight is 473 g/mol. The molecule has 2 aromatic rings. The van der Waals surface area contributed by atoms with Gasteiger partial charge in [-0.15, -0.1) is 0 Å². The van der Waals surface area contributed by atoms with Crippen molar-refractivity contribution in [1.82, 2.24) is 9.62 Å². The van der Waals surface area contributed by atoms with Crippen molar-refractivity contribution in [2.45, 2.75) is 17.9 Å². The summed E-state index contributed by atoms with van der Waals surface area (Å²) in [6, 6.07) is 11.5. The molecule has 3 rings (SSSR count). The SMILES string of the molecule is O=C(CCOc1cccc(Cl)c1Cl)NCc1ccc(S(=O)(=O)N2CCOCC2)cc1. The van der Waals surface area contributed by atoms with Gasteiger partial charge >= 0.3 is 0 Å².